The summed E-state index contributed by atoms with van der Waals surface area (Å²) in [4.78, 5) is 22.6. The largest absolute Gasteiger partial charge is 0.493 e. The fraction of sp³-hybridized carbons (Fsp3) is 0.429. The van der Waals surface area contributed by atoms with Crippen LogP contribution in [-0.4, -0.2) is 65.3 Å². The zero-order valence-corrected chi connectivity index (χ0v) is 20.7. The number of piperazine rings is 1. The molecule has 0 radical (unpaired) electrons. The van der Waals surface area contributed by atoms with Crippen LogP contribution >= 0.6 is 0 Å². The van der Waals surface area contributed by atoms with Gasteiger partial charge in [-0.2, -0.15) is 0 Å². The van der Waals surface area contributed by atoms with Crippen molar-refractivity contribution in [1.82, 2.24) is 19.4 Å². The summed E-state index contributed by atoms with van der Waals surface area (Å²) in [5.74, 6) is 1.23. The zero-order chi connectivity index (χ0) is 24.4. The van der Waals surface area contributed by atoms with Crippen molar-refractivity contribution in [3.63, 3.8) is 0 Å². The van der Waals surface area contributed by atoms with Gasteiger partial charge in [0.05, 0.1) is 37.0 Å². The molecule has 5 rings (SSSR count). The van der Waals surface area contributed by atoms with Crippen molar-refractivity contribution in [2.24, 2.45) is 0 Å². The third kappa shape index (κ3) is 5.05. The SMILES string of the molecule is C=C1CN([C@H]2CC[C@H](Oc3cc4c(=O)n(Cc5ccccc5)cnc4cc3OC)CC2)CCN1C. The zero-order valence-electron chi connectivity index (χ0n) is 20.7. The Morgan fingerprint density at radius 2 is 1.83 bits per heavy atom. The molecule has 7 heteroatoms. The molecular weight excluding hydrogens is 440 g/mol. The minimum atomic E-state index is -0.0784. The highest BCUT2D eigenvalue weighted by Crippen LogP contribution is 2.34. The highest BCUT2D eigenvalue weighted by molar-refractivity contribution is 5.81. The molecule has 0 bridgehead atoms. The molecule has 1 aliphatic heterocycles. The van der Waals surface area contributed by atoms with Crippen molar-refractivity contribution in [3.8, 4) is 11.5 Å². The van der Waals surface area contributed by atoms with Crippen LogP contribution in [0.2, 0.25) is 0 Å². The summed E-state index contributed by atoms with van der Waals surface area (Å²) in [5.41, 5.74) is 2.79. The number of ether oxygens (including phenoxy) is 2. The number of likely N-dealkylation sites (N-methyl/N-ethyl adjacent to an activating group) is 1. The monoisotopic (exact) mass is 474 g/mol. The maximum Gasteiger partial charge on any atom is 0.261 e. The van der Waals surface area contributed by atoms with E-state index in [1.165, 1.54) is 5.70 Å². The highest BCUT2D eigenvalue weighted by atomic mass is 16.5. The Morgan fingerprint density at radius 3 is 2.54 bits per heavy atom. The van der Waals surface area contributed by atoms with Crippen LogP contribution in [0.1, 0.15) is 31.2 Å². The lowest BCUT2D eigenvalue weighted by Gasteiger charge is -2.42. The van der Waals surface area contributed by atoms with E-state index in [0.29, 0.717) is 35.0 Å². The van der Waals surface area contributed by atoms with Gasteiger partial charge in [-0.1, -0.05) is 36.9 Å². The molecule has 2 heterocycles. The average Bonchev–Trinajstić information content (AvgIpc) is 2.88. The average molecular weight is 475 g/mol. The summed E-state index contributed by atoms with van der Waals surface area (Å²) < 4.78 is 13.7. The van der Waals surface area contributed by atoms with Crippen LogP contribution in [0.15, 0.2) is 65.9 Å². The molecule has 2 aliphatic rings. The Balaban J connectivity index is 1.31. The molecule has 0 spiro atoms. The second-order valence-corrected chi connectivity index (χ2v) is 9.69. The third-order valence-electron chi connectivity index (χ3n) is 7.41. The fourth-order valence-electron chi connectivity index (χ4n) is 5.20. The van der Waals surface area contributed by atoms with Gasteiger partial charge >= 0.3 is 0 Å². The Labute approximate surface area is 206 Å². The minimum Gasteiger partial charge on any atom is -0.493 e. The first-order chi connectivity index (χ1) is 17.0. The van der Waals surface area contributed by atoms with Gasteiger partial charge in [0.25, 0.3) is 5.56 Å². The molecule has 35 heavy (non-hydrogen) atoms. The van der Waals surface area contributed by atoms with E-state index in [1.54, 1.807) is 24.1 Å². The Kier molecular flexibility index (Phi) is 6.77. The summed E-state index contributed by atoms with van der Waals surface area (Å²) in [7, 11) is 3.75. The predicted molar refractivity (Wildman–Crippen MR) is 138 cm³/mol. The second-order valence-electron chi connectivity index (χ2n) is 9.69. The Hall–Kier alpha value is -3.32. The Morgan fingerprint density at radius 1 is 1.06 bits per heavy atom. The normalized spacial score (nSPS) is 21.3. The molecule has 2 fully saturated rings. The second kappa shape index (κ2) is 10.1. The Bertz CT molecular complexity index is 1250. The van der Waals surface area contributed by atoms with Crippen LogP contribution in [0.3, 0.4) is 0 Å². The summed E-state index contributed by atoms with van der Waals surface area (Å²) in [6, 6.07) is 14.1. The standard InChI is InChI=1S/C28H34N4O3/c1-20-17-31(14-13-30(20)2)22-9-11-23(12-10-22)35-27-15-24-25(16-26(27)34-3)29-19-32(28(24)33)18-21-7-5-4-6-8-21/h4-8,15-16,19,22-23H,1,9-14,17-18H2,2-3H3/t22-,23-. The topological polar surface area (TPSA) is 59.8 Å². The first kappa shape index (κ1) is 23.4. The van der Waals surface area contributed by atoms with Crippen molar-refractivity contribution in [1.29, 1.82) is 0 Å². The van der Waals surface area contributed by atoms with Crippen molar-refractivity contribution < 1.29 is 9.47 Å². The number of hydrogen-bond donors (Lipinski definition) is 0. The van der Waals surface area contributed by atoms with E-state index >= 15 is 0 Å². The van der Waals surface area contributed by atoms with Crippen LogP contribution in [0.4, 0.5) is 0 Å². The minimum absolute atomic E-state index is 0.0784. The molecule has 1 aromatic heterocycles. The molecule has 0 N–H and O–H groups in total. The summed E-state index contributed by atoms with van der Waals surface area (Å²) in [5, 5.41) is 0.545. The first-order valence-electron chi connectivity index (χ1n) is 12.4. The van der Waals surface area contributed by atoms with Crippen LogP contribution in [0.25, 0.3) is 10.9 Å². The maximum atomic E-state index is 13.3. The number of fused-ring (bicyclic) bond motifs is 1. The molecule has 0 atom stereocenters. The van der Waals surface area contributed by atoms with Gasteiger partial charge in [0.1, 0.15) is 0 Å². The van der Waals surface area contributed by atoms with Gasteiger partial charge < -0.3 is 14.4 Å². The molecule has 3 aromatic rings. The van der Waals surface area contributed by atoms with E-state index in [1.807, 2.05) is 36.4 Å². The van der Waals surface area contributed by atoms with Crippen LogP contribution < -0.4 is 15.0 Å². The number of nitrogens with zero attached hydrogens (tertiary/aromatic N) is 4. The molecule has 184 valence electrons. The lowest BCUT2D eigenvalue weighted by Crippen LogP contribution is -2.49. The lowest BCUT2D eigenvalue weighted by molar-refractivity contribution is 0.0723. The number of aromatic nitrogens is 2. The van der Waals surface area contributed by atoms with E-state index in [2.05, 4.69) is 28.4 Å². The van der Waals surface area contributed by atoms with Crippen LogP contribution in [0, 0.1) is 0 Å². The van der Waals surface area contributed by atoms with E-state index in [9.17, 15) is 4.79 Å². The summed E-state index contributed by atoms with van der Waals surface area (Å²) in [6.45, 7) is 7.77. The first-order valence-corrected chi connectivity index (χ1v) is 12.4. The quantitative estimate of drug-likeness (QED) is 0.540. The molecule has 2 aromatic carbocycles. The maximum absolute atomic E-state index is 13.3. The van der Waals surface area contributed by atoms with Gasteiger partial charge in [0.15, 0.2) is 11.5 Å². The van der Waals surface area contributed by atoms with Crippen molar-refractivity contribution in [3.05, 3.63) is 77.0 Å². The van der Waals surface area contributed by atoms with Gasteiger partial charge in [-0.3, -0.25) is 14.3 Å². The molecule has 0 unspecified atom stereocenters. The van der Waals surface area contributed by atoms with E-state index in [-0.39, 0.29) is 11.7 Å². The van der Waals surface area contributed by atoms with Crippen molar-refractivity contribution in [2.45, 2.75) is 44.4 Å². The lowest BCUT2D eigenvalue weighted by atomic mass is 9.91. The van der Waals surface area contributed by atoms with Gasteiger partial charge in [-0.15, -0.1) is 0 Å². The van der Waals surface area contributed by atoms with Gasteiger partial charge in [0.2, 0.25) is 0 Å². The van der Waals surface area contributed by atoms with E-state index in [0.717, 1.165) is 50.9 Å². The number of benzene rings is 2. The smallest absolute Gasteiger partial charge is 0.261 e. The predicted octanol–water partition coefficient (Wildman–Crippen LogP) is 3.90. The third-order valence-corrected chi connectivity index (χ3v) is 7.41. The van der Waals surface area contributed by atoms with Gasteiger partial charge in [0, 0.05) is 44.5 Å². The van der Waals surface area contributed by atoms with Gasteiger partial charge in [-0.05, 0) is 37.3 Å². The molecule has 0 amide bonds. The fourth-order valence-corrected chi connectivity index (χ4v) is 5.20. The van der Waals surface area contributed by atoms with Crippen molar-refractivity contribution >= 4 is 10.9 Å². The van der Waals surface area contributed by atoms with Crippen molar-refractivity contribution in [2.75, 3.05) is 33.8 Å². The summed E-state index contributed by atoms with van der Waals surface area (Å²) in [6.07, 6.45) is 5.88. The van der Waals surface area contributed by atoms with Gasteiger partial charge in [-0.25, -0.2) is 4.98 Å². The van der Waals surface area contributed by atoms with Crippen LogP contribution in [-0.2, 0) is 6.54 Å². The number of hydrogen-bond acceptors (Lipinski definition) is 6. The molecule has 1 saturated heterocycles. The summed E-state index contributed by atoms with van der Waals surface area (Å²) >= 11 is 0. The molecule has 7 nitrogen and oxygen atoms in total. The molecular formula is C28H34N4O3. The number of methoxy groups -OCH3 is 1. The molecule has 1 aliphatic carbocycles. The van der Waals surface area contributed by atoms with E-state index in [4.69, 9.17) is 9.47 Å². The van der Waals surface area contributed by atoms with Crippen LogP contribution in [0.5, 0.6) is 11.5 Å². The number of rotatable bonds is 6. The highest BCUT2D eigenvalue weighted by Gasteiger charge is 2.30. The molecule has 1 saturated carbocycles. The van der Waals surface area contributed by atoms with E-state index < -0.39 is 0 Å².